The van der Waals surface area contributed by atoms with E-state index in [2.05, 4.69) is 41.2 Å². The normalized spacial score (nSPS) is 14.5. The van der Waals surface area contributed by atoms with Crippen LogP contribution in [0.25, 0.3) is 0 Å². The first-order valence-corrected chi connectivity index (χ1v) is 10.6. The smallest absolute Gasteiger partial charge is 0.233 e. The van der Waals surface area contributed by atoms with Crippen LogP contribution in [0.2, 0.25) is 0 Å². The molecule has 0 N–H and O–H groups in total. The molecule has 1 fully saturated rings. The largest absolute Gasteiger partial charge is 0.378 e. The lowest BCUT2D eigenvalue weighted by atomic mass is 10.2. The number of carbonyl (C=O) groups is 1. The third-order valence-corrected chi connectivity index (χ3v) is 5.82. The summed E-state index contributed by atoms with van der Waals surface area (Å²) in [5, 5.41) is 1.61. The van der Waals surface area contributed by atoms with Crippen LogP contribution in [0.15, 0.2) is 40.5 Å². The van der Waals surface area contributed by atoms with Crippen molar-refractivity contribution < 1.29 is 9.53 Å². The van der Waals surface area contributed by atoms with Crippen LogP contribution >= 0.6 is 23.5 Å². The van der Waals surface area contributed by atoms with E-state index in [-0.39, 0.29) is 5.91 Å². The Bertz CT molecular complexity index is 747. The summed E-state index contributed by atoms with van der Waals surface area (Å²) >= 11 is 3.10. The second-order valence-electron chi connectivity index (χ2n) is 6.19. The van der Waals surface area contributed by atoms with E-state index in [1.807, 2.05) is 17.9 Å². The average molecular weight is 390 g/mol. The third-order valence-electron chi connectivity index (χ3n) is 4.01. The van der Waals surface area contributed by atoms with Gasteiger partial charge >= 0.3 is 0 Å². The maximum atomic E-state index is 12.3. The topological polar surface area (TPSA) is 55.3 Å². The number of hydrogen-bond donors (Lipinski definition) is 0. The molecule has 5 nitrogen and oxygen atoms in total. The molecule has 7 heteroatoms. The lowest BCUT2D eigenvalue weighted by molar-refractivity contribution is -0.132. The molecule has 2 heterocycles. The summed E-state index contributed by atoms with van der Waals surface area (Å²) in [6.07, 6.45) is 0. The molecule has 138 valence electrons. The highest BCUT2D eigenvalue weighted by Gasteiger charge is 2.17. The van der Waals surface area contributed by atoms with Crippen molar-refractivity contribution in [2.75, 3.05) is 32.1 Å². The molecule has 1 amide bonds. The minimum absolute atomic E-state index is 0.142. The number of amides is 1. The van der Waals surface area contributed by atoms with E-state index in [0.717, 1.165) is 21.6 Å². The van der Waals surface area contributed by atoms with Crippen molar-refractivity contribution in [3.05, 3.63) is 47.2 Å². The highest BCUT2D eigenvalue weighted by molar-refractivity contribution is 8.00. The Labute approximate surface area is 162 Å². The maximum absolute atomic E-state index is 12.3. The zero-order valence-electron chi connectivity index (χ0n) is 15.1. The van der Waals surface area contributed by atoms with Gasteiger partial charge in [0.25, 0.3) is 0 Å². The van der Waals surface area contributed by atoms with E-state index in [4.69, 9.17) is 4.74 Å². The molecule has 1 saturated heterocycles. The number of rotatable bonds is 6. The summed E-state index contributed by atoms with van der Waals surface area (Å²) in [6.45, 7) is 6.67. The Morgan fingerprint density at radius 3 is 2.58 bits per heavy atom. The Kier molecular flexibility index (Phi) is 6.93. The summed E-state index contributed by atoms with van der Waals surface area (Å²) in [7, 11) is 0. The molecule has 0 atom stereocenters. The highest BCUT2D eigenvalue weighted by Crippen LogP contribution is 2.24. The molecule has 1 aromatic heterocycles. The van der Waals surface area contributed by atoms with Gasteiger partial charge in [-0.1, -0.05) is 53.4 Å². The second-order valence-corrected chi connectivity index (χ2v) is 8.12. The number of morpholine rings is 1. The van der Waals surface area contributed by atoms with Gasteiger partial charge < -0.3 is 9.64 Å². The van der Waals surface area contributed by atoms with E-state index >= 15 is 0 Å². The Morgan fingerprint density at radius 2 is 1.85 bits per heavy atom. The molecule has 2 aromatic rings. The highest BCUT2D eigenvalue weighted by atomic mass is 32.2. The number of thioether (sulfide) groups is 2. The van der Waals surface area contributed by atoms with Crippen molar-refractivity contribution in [3.63, 3.8) is 0 Å². The van der Waals surface area contributed by atoms with Gasteiger partial charge in [-0.25, -0.2) is 9.97 Å². The van der Waals surface area contributed by atoms with Crippen molar-refractivity contribution in [1.29, 1.82) is 0 Å². The van der Waals surface area contributed by atoms with Crippen LogP contribution in [0.5, 0.6) is 0 Å². The minimum Gasteiger partial charge on any atom is -0.378 e. The third kappa shape index (κ3) is 5.72. The number of aromatic nitrogens is 2. The van der Waals surface area contributed by atoms with E-state index in [9.17, 15) is 4.79 Å². The first-order valence-electron chi connectivity index (χ1n) is 8.62. The van der Waals surface area contributed by atoms with Crippen molar-refractivity contribution in [3.8, 4) is 0 Å². The lowest BCUT2D eigenvalue weighted by Crippen LogP contribution is -2.41. The molecule has 1 aliphatic heterocycles. The predicted octanol–water partition coefficient (Wildman–Crippen LogP) is 3.34. The summed E-state index contributed by atoms with van der Waals surface area (Å²) in [6, 6.07) is 10.4. The first kappa shape index (κ1) is 19.2. The monoisotopic (exact) mass is 389 g/mol. The fraction of sp³-hybridized carbons (Fsp3) is 0.421. The Balaban J connectivity index is 1.56. The predicted molar refractivity (Wildman–Crippen MR) is 106 cm³/mol. The van der Waals surface area contributed by atoms with Crippen LogP contribution in [-0.4, -0.2) is 52.8 Å². The Hall–Kier alpha value is -1.57. The second kappa shape index (κ2) is 9.39. The SMILES string of the molecule is Cc1ccc(CSc2nc(C)cc(SCC(=O)N3CCOCC3)n2)cc1. The van der Waals surface area contributed by atoms with Gasteiger partial charge in [0.05, 0.1) is 19.0 Å². The van der Waals surface area contributed by atoms with Gasteiger partial charge in [-0.3, -0.25) is 4.79 Å². The number of benzene rings is 1. The molecule has 0 bridgehead atoms. The number of carbonyl (C=O) groups excluding carboxylic acids is 1. The molecule has 1 aromatic carbocycles. The standard InChI is InChI=1S/C19H23N3O2S2/c1-14-3-5-16(6-4-14)12-26-19-20-15(2)11-17(21-19)25-13-18(23)22-7-9-24-10-8-22/h3-6,11H,7-10,12-13H2,1-2H3. The lowest BCUT2D eigenvalue weighted by Gasteiger charge is -2.26. The van der Waals surface area contributed by atoms with Crippen molar-refractivity contribution >= 4 is 29.4 Å². The summed E-state index contributed by atoms with van der Waals surface area (Å²) in [4.78, 5) is 23.3. The zero-order chi connectivity index (χ0) is 18.4. The van der Waals surface area contributed by atoms with E-state index in [1.165, 1.54) is 22.9 Å². The fourth-order valence-electron chi connectivity index (χ4n) is 2.52. The van der Waals surface area contributed by atoms with Crippen LogP contribution < -0.4 is 0 Å². The minimum atomic E-state index is 0.142. The molecule has 0 radical (unpaired) electrons. The summed E-state index contributed by atoms with van der Waals surface area (Å²) in [5.41, 5.74) is 3.43. The molecule has 0 saturated carbocycles. The fourth-order valence-corrected chi connectivity index (χ4v) is 4.30. The van der Waals surface area contributed by atoms with Crippen LogP contribution in [0, 0.1) is 13.8 Å². The molecule has 0 aliphatic carbocycles. The summed E-state index contributed by atoms with van der Waals surface area (Å²) < 4.78 is 5.29. The van der Waals surface area contributed by atoms with E-state index < -0.39 is 0 Å². The summed E-state index contributed by atoms with van der Waals surface area (Å²) in [5.74, 6) is 1.38. The van der Waals surface area contributed by atoms with E-state index in [1.54, 1.807) is 11.8 Å². The quantitative estimate of drug-likeness (QED) is 0.429. The zero-order valence-corrected chi connectivity index (χ0v) is 16.7. The molecule has 3 rings (SSSR count). The molecular weight excluding hydrogens is 366 g/mol. The van der Waals surface area contributed by atoms with Gasteiger partial charge in [0.2, 0.25) is 5.91 Å². The number of hydrogen-bond acceptors (Lipinski definition) is 6. The number of ether oxygens (including phenoxy) is 1. The Morgan fingerprint density at radius 1 is 1.12 bits per heavy atom. The van der Waals surface area contributed by atoms with Gasteiger partial charge in [0.15, 0.2) is 5.16 Å². The molecule has 0 spiro atoms. The van der Waals surface area contributed by atoms with Crippen LogP contribution in [-0.2, 0) is 15.3 Å². The van der Waals surface area contributed by atoms with Crippen LogP contribution in [0.3, 0.4) is 0 Å². The molecule has 26 heavy (non-hydrogen) atoms. The maximum Gasteiger partial charge on any atom is 0.233 e. The van der Waals surface area contributed by atoms with Crippen molar-refractivity contribution in [1.82, 2.24) is 14.9 Å². The molecule has 0 unspecified atom stereocenters. The van der Waals surface area contributed by atoms with Crippen molar-refractivity contribution in [2.45, 2.75) is 29.8 Å². The van der Waals surface area contributed by atoms with E-state index in [0.29, 0.717) is 32.1 Å². The van der Waals surface area contributed by atoms with Crippen LogP contribution in [0.1, 0.15) is 16.8 Å². The van der Waals surface area contributed by atoms with Gasteiger partial charge in [0.1, 0.15) is 5.03 Å². The van der Waals surface area contributed by atoms with Crippen molar-refractivity contribution in [2.24, 2.45) is 0 Å². The van der Waals surface area contributed by atoms with Gasteiger partial charge in [0, 0.05) is 24.5 Å². The van der Waals surface area contributed by atoms with Gasteiger partial charge in [-0.15, -0.1) is 0 Å². The molecule has 1 aliphatic rings. The average Bonchev–Trinajstić information content (AvgIpc) is 2.66. The van der Waals surface area contributed by atoms with Gasteiger partial charge in [-0.2, -0.15) is 0 Å². The number of aryl methyl sites for hydroxylation is 2. The number of nitrogens with zero attached hydrogens (tertiary/aromatic N) is 3. The first-order chi connectivity index (χ1) is 12.6. The molecular formula is C19H23N3O2S2. The van der Waals surface area contributed by atoms with Crippen LogP contribution in [0.4, 0.5) is 0 Å². The van der Waals surface area contributed by atoms with Gasteiger partial charge in [-0.05, 0) is 25.5 Å².